The third-order valence-corrected chi connectivity index (χ3v) is 4.54. The number of aromatic nitrogens is 3. The zero-order valence-corrected chi connectivity index (χ0v) is 14.4. The van der Waals surface area contributed by atoms with Crippen LogP contribution in [0.15, 0.2) is 24.5 Å². The molecular formula is C18H25N5O. The molecule has 0 atom stereocenters. The molecule has 2 aromatic rings. The van der Waals surface area contributed by atoms with Crippen molar-refractivity contribution in [1.82, 2.24) is 20.3 Å². The van der Waals surface area contributed by atoms with Gasteiger partial charge in [0.15, 0.2) is 0 Å². The molecule has 3 heterocycles. The van der Waals surface area contributed by atoms with Crippen molar-refractivity contribution in [1.29, 1.82) is 0 Å². The van der Waals surface area contributed by atoms with Crippen molar-refractivity contribution in [2.24, 2.45) is 0 Å². The highest BCUT2D eigenvalue weighted by atomic mass is 16.3. The monoisotopic (exact) mass is 327 g/mol. The second-order valence-electron chi connectivity index (χ2n) is 6.28. The standard InChI is InChI=1S/C18H25N5O/c1-3-14-10-18(21-12-20-14)23-8-6-15(7-9-23)19-11-16-17(24)5-4-13(2)22-16/h4-5,10,12,15,19,24H,3,6-9,11H2,1-2H3. The van der Waals surface area contributed by atoms with E-state index in [-0.39, 0.29) is 5.75 Å². The van der Waals surface area contributed by atoms with Crippen molar-refractivity contribution < 1.29 is 5.11 Å². The number of anilines is 1. The second kappa shape index (κ2) is 7.57. The Bertz CT molecular complexity index is 683. The van der Waals surface area contributed by atoms with Crippen LogP contribution in [0.4, 0.5) is 5.82 Å². The van der Waals surface area contributed by atoms with Gasteiger partial charge in [-0.25, -0.2) is 9.97 Å². The molecular weight excluding hydrogens is 302 g/mol. The summed E-state index contributed by atoms with van der Waals surface area (Å²) in [6.45, 7) is 6.60. The third-order valence-electron chi connectivity index (χ3n) is 4.54. The van der Waals surface area contributed by atoms with Gasteiger partial charge in [0.1, 0.15) is 17.9 Å². The predicted octanol–water partition coefficient (Wildman–Crippen LogP) is 2.21. The van der Waals surface area contributed by atoms with Crippen molar-refractivity contribution in [3.8, 4) is 5.75 Å². The molecule has 0 amide bonds. The molecule has 1 aliphatic rings. The Labute approximate surface area is 143 Å². The van der Waals surface area contributed by atoms with E-state index in [9.17, 15) is 5.11 Å². The molecule has 6 heteroatoms. The van der Waals surface area contributed by atoms with Crippen LogP contribution in [-0.2, 0) is 13.0 Å². The molecule has 0 radical (unpaired) electrons. The first-order chi connectivity index (χ1) is 11.7. The fraction of sp³-hybridized carbons (Fsp3) is 0.500. The van der Waals surface area contributed by atoms with E-state index in [2.05, 4.69) is 38.2 Å². The van der Waals surface area contributed by atoms with Crippen molar-refractivity contribution in [2.45, 2.75) is 45.7 Å². The van der Waals surface area contributed by atoms with Gasteiger partial charge in [0.2, 0.25) is 0 Å². The lowest BCUT2D eigenvalue weighted by Crippen LogP contribution is -2.42. The van der Waals surface area contributed by atoms with Gasteiger partial charge in [-0.2, -0.15) is 0 Å². The molecule has 128 valence electrons. The van der Waals surface area contributed by atoms with E-state index in [0.29, 0.717) is 12.6 Å². The van der Waals surface area contributed by atoms with E-state index in [4.69, 9.17) is 0 Å². The van der Waals surface area contributed by atoms with Crippen molar-refractivity contribution in [3.05, 3.63) is 41.6 Å². The predicted molar refractivity (Wildman–Crippen MR) is 94.1 cm³/mol. The molecule has 1 saturated heterocycles. The van der Waals surface area contributed by atoms with E-state index < -0.39 is 0 Å². The minimum atomic E-state index is 0.263. The molecule has 0 spiro atoms. The second-order valence-corrected chi connectivity index (χ2v) is 6.28. The summed E-state index contributed by atoms with van der Waals surface area (Å²) in [5.41, 5.74) is 2.73. The van der Waals surface area contributed by atoms with Crippen LogP contribution in [-0.4, -0.2) is 39.2 Å². The zero-order chi connectivity index (χ0) is 16.9. The molecule has 0 aromatic carbocycles. The molecule has 2 aromatic heterocycles. The van der Waals surface area contributed by atoms with Crippen LogP contribution >= 0.6 is 0 Å². The number of pyridine rings is 1. The fourth-order valence-electron chi connectivity index (χ4n) is 3.04. The number of nitrogens with zero attached hydrogens (tertiary/aromatic N) is 4. The van der Waals surface area contributed by atoms with Crippen LogP contribution in [0.1, 0.15) is 36.8 Å². The van der Waals surface area contributed by atoms with E-state index >= 15 is 0 Å². The lowest BCUT2D eigenvalue weighted by molar-refractivity contribution is 0.401. The van der Waals surface area contributed by atoms with Crippen molar-refractivity contribution in [3.63, 3.8) is 0 Å². The highest BCUT2D eigenvalue weighted by Crippen LogP contribution is 2.19. The SMILES string of the molecule is CCc1cc(N2CCC(NCc3nc(C)ccc3O)CC2)ncn1. The summed E-state index contributed by atoms with van der Waals surface area (Å²) in [7, 11) is 0. The van der Waals surface area contributed by atoms with Crippen LogP contribution in [0.25, 0.3) is 0 Å². The molecule has 0 bridgehead atoms. The van der Waals surface area contributed by atoms with E-state index in [1.165, 1.54) is 0 Å². The maximum absolute atomic E-state index is 9.88. The van der Waals surface area contributed by atoms with Gasteiger partial charge in [-0.3, -0.25) is 4.98 Å². The Hall–Kier alpha value is -2.21. The van der Waals surface area contributed by atoms with Crippen molar-refractivity contribution >= 4 is 5.82 Å². The Morgan fingerprint density at radius 2 is 2.04 bits per heavy atom. The normalized spacial score (nSPS) is 15.7. The lowest BCUT2D eigenvalue weighted by atomic mass is 10.0. The summed E-state index contributed by atoms with van der Waals surface area (Å²) in [5, 5.41) is 13.4. The summed E-state index contributed by atoms with van der Waals surface area (Å²) in [6, 6.07) is 6.06. The van der Waals surface area contributed by atoms with Gasteiger partial charge in [0.25, 0.3) is 0 Å². The maximum Gasteiger partial charge on any atom is 0.138 e. The van der Waals surface area contributed by atoms with Crippen LogP contribution in [0.5, 0.6) is 5.75 Å². The van der Waals surface area contributed by atoms with Gasteiger partial charge in [-0.05, 0) is 38.3 Å². The largest absolute Gasteiger partial charge is 0.506 e. The minimum absolute atomic E-state index is 0.263. The van der Waals surface area contributed by atoms with Crippen LogP contribution in [0.2, 0.25) is 0 Å². The summed E-state index contributed by atoms with van der Waals surface area (Å²) in [6.07, 6.45) is 4.70. The number of aromatic hydroxyl groups is 1. The molecule has 0 aliphatic carbocycles. The Kier molecular flexibility index (Phi) is 5.25. The van der Waals surface area contributed by atoms with E-state index in [0.717, 1.165) is 55.3 Å². The Morgan fingerprint density at radius 3 is 2.79 bits per heavy atom. The molecule has 0 saturated carbocycles. The number of hydrogen-bond donors (Lipinski definition) is 2. The quantitative estimate of drug-likeness (QED) is 0.877. The molecule has 0 unspecified atom stereocenters. The van der Waals surface area contributed by atoms with E-state index in [1.807, 2.05) is 13.0 Å². The molecule has 24 heavy (non-hydrogen) atoms. The van der Waals surface area contributed by atoms with Crippen LogP contribution < -0.4 is 10.2 Å². The molecule has 1 aliphatic heterocycles. The molecule has 2 N–H and O–H groups in total. The first-order valence-electron chi connectivity index (χ1n) is 8.60. The van der Waals surface area contributed by atoms with Gasteiger partial charge >= 0.3 is 0 Å². The Balaban J connectivity index is 1.52. The number of hydrogen-bond acceptors (Lipinski definition) is 6. The van der Waals surface area contributed by atoms with E-state index in [1.54, 1.807) is 12.4 Å². The average Bonchev–Trinajstić information content (AvgIpc) is 2.63. The summed E-state index contributed by atoms with van der Waals surface area (Å²) >= 11 is 0. The summed E-state index contributed by atoms with van der Waals surface area (Å²) < 4.78 is 0. The number of rotatable bonds is 5. The van der Waals surface area contributed by atoms with Crippen molar-refractivity contribution in [2.75, 3.05) is 18.0 Å². The van der Waals surface area contributed by atoms with Gasteiger partial charge in [0, 0.05) is 43.1 Å². The van der Waals surface area contributed by atoms with Gasteiger partial charge in [0.05, 0.1) is 5.69 Å². The van der Waals surface area contributed by atoms with Crippen LogP contribution in [0, 0.1) is 6.92 Å². The topological polar surface area (TPSA) is 74.2 Å². The first kappa shape index (κ1) is 16.6. The minimum Gasteiger partial charge on any atom is -0.506 e. The maximum atomic E-state index is 9.88. The highest BCUT2D eigenvalue weighted by Gasteiger charge is 2.20. The summed E-state index contributed by atoms with van der Waals surface area (Å²) in [4.78, 5) is 15.4. The zero-order valence-electron chi connectivity index (χ0n) is 14.4. The fourth-order valence-corrected chi connectivity index (χ4v) is 3.04. The molecule has 3 rings (SSSR count). The Morgan fingerprint density at radius 1 is 1.25 bits per heavy atom. The number of nitrogens with one attached hydrogen (secondary N) is 1. The first-order valence-corrected chi connectivity index (χ1v) is 8.60. The number of aryl methyl sites for hydroxylation is 2. The number of piperidine rings is 1. The van der Waals surface area contributed by atoms with Crippen LogP contribution in [0.3, 0.4) is 0 Å². The van der Waals surface area contributed by atoms with Gasteiger partial charge in [-0.1, -0.05) is 6.92 Å². The smallest absolute Gasteiger partial charge is 0.138 e. The molecule has 6 nitrogen and oxygen atoms in total. The highest BCUT2D eigenvalue weighted by molar-refractivity contribution is 5.39. The average molecular weight is 327 g/mol. The lowest BCUT2D eigenvalue weighted by Gasteiger charge is -2.33. The van der Waals surface area contributed by atoms with Gasteiger partial charge < -0.3 is 15.3 Å². The third kappa shape index (κ3) is 4.00. The summed E-state index contributed by atoms with van der Waals surface area (Å²) in [5.74, 6) is 1.29. The van der Waals surface area contributed by atoms with Gasteiger partial charge in [-0.15, -0.1) is 0 Å². The molecule has 1 fully saturated rings.